The Morgan fingerprint density at radius 3 is 3.20 bits per heavy atom. The van der Waals surface area contributed by atoms with Gasteiger partial charge in [0, 0.05) is 11.1 Å². The molecule has 0 bridgehead atoms. The second-order valence-electron chi connectivity index (χ2n) is 2.08. The van der Waals surface area contributed by atoms with E-state index in [-0.39, 0.29) is 0 Å². The van der Waals surface area contributed by atoms with E-state index in [1.54, 1.807) is 17.5 Å². The average Bonchev–Trinajstić information content (AvgIpc) is 2.35. The first-order chi connectivity index (χ1) is 4.77. The van der Waals surface area contributed by atoms with Crippen molar-refractivity contribution in [2.45, 2.75) is 6.92 Å². The molecule has 10 heavy (non-hydrogen) atoms. The van der Waals surface area contributed by atoms with E-state index in [4.69, 9.17) is 11.6 Å². The van der Waals surface area contributed by atoms with Crippen molar-refractivity contribution >= 4 is 27.9 Å². The van der Waals surface area contributed by atoms with Crippen LogP contribution >= 0.6 is 22.9 Å². The maximum Gasteiger partial charge on any atom is 0.195 e. The second-order valence-corrected chi connectivity index (χ2v) is 3.68. The molecule has 0 saturated heterocycles. The Morgan fingerprint density at radius 1 is 1.70 bits per heavy atom. The summed E-state index contributed by atoms with van der Waals surface area (Å²) in [5.74, 6) is 0. The van der Waals surface area contributed by atoms with Gasteiger partial charge in [-0.15, -0.1) is 11.3 Å². The number of thiazole rings is 1. The van der Waals surface area contributed by atoms with Crippen LogP contribution in [0.15, 0.2) is 12.4 Å². The van der Waals surface area contributed by atoms with Gasteiger partial charge in [-0.3, -0.25) is 4.40 Å². The van der Waals surface area contributed by atoms with Crippen LogP contribution in [-0.2, 0) is 0 Å². The van der Waals surface area contributed by atoms with Gasteiger partial charge < -0.3 is 0 Å². The lowest BCUT2D eigenvalue weighted by atomic mass is 10.6. The summed E-state index contributed by atoms with van der Waals surface area (Å²) in [5.41, 5.74) is 0. The molecule has 0 spiro atoms. The molecule has 2 aromatic heterocycles. The van der Waals surface area contributed by atoms with E-state index >= 15 is 0 Å². The summed E-state index contributed by atoms with van der Waals surface area (Å²) in [5, 5.41) is 0.680. The number of rotatable bonds is 0. The highest BCUT2D eigenvalue weighted by Gasteiger charge is 2.01. The van der Waals surface area contributed by atoms with Crippen LogP contribution in [0.5, 0.6) is 0 Å². The van der Waals surface area contributed by atoms with E-state index in [9.17, 15) is 0 Å². The Labute approximate surface area is 67.1 Å². The van der Waals surface area contributed by atoms with Crippen LogP contribution in [0, 0.1) is 6.92 Å². The van der Waals surface area contributed by atoms with Crippen molar-refractivity contribution in [2.75, 3.05) is 0 Å². The van der Waals surface area contributed by atoms with Gasteiger partial charge in [0.1, 0.15) is 5.15 Å². The third-order valence-electron chi connectivity index (χ3n) is 1.28. The first kappa shape index (κ1) is 6.19. The Kier molecular flexibility index (Phi) is 1.22. The fraction of sp³-hybridized carbons (Fsp3) is 0.167. The van der Waals surface area contributed by atoms with Crippen LogP contribution in [0.3, 0.4) is 0 Å². The van der Waals surface area contributed by atoms with Gasteiger partial charge in [-0.25, -0.2) is 4.98 Å². The minimum absolute atomic E-state index is 0.680. The Balaban J connectivity index is 2.90. The summed E-state index contributed by atoms with van der Waals surface area (Å²) in [6.07, 6.45) is 3.64. The molecule has 0 unspecified atom stereocenters. The average molecular weight is 173 g/mol. The van der Waals surface area contributed by atoms with Crippen molar-refractivity contribution in [3.05, 3.63) is 22.4 Å². The number of aryl methyl sites for hydroxylation is 1. The summed E-state index contributed by atoms with van der Waals surface area (Å²) in [4.78, 5) is 6.28. The maximum absolute atomic E-state index is 5.79. The van der Waals surface area contributed by atoms with Crippen LogP contribution in [0.1, 0.15) is 4.88 Å². The lowest BCUT2D eigenvalue weighted by Crippen LogP contribution is -1.72. The number of nitrogens with zero attached hydrogens (tertiary/aromatic N) is 2. The molecule has 0 aliphatic rings. The zero-order valence-corrected chi connectivity index (χ0v) is 6.91. The zero-order chi connectivity index (χ0) is 7.14. The fourth-order valence-corrected chi connectivity index (χ4v) is 1.90. The normalized spacial score (nSPS) is 11.0. The quantitative estimate of drug-likeness (QED) is 0.597. The first-order valence-electron chi connectivity index (χ1n) is 2.86. The van der Waals surface area contributed by atoms with Crippen LogP contribution < -0.4 is 0 Å². The maximum atomic E-state index is 5.79. The predicted molar refractivity (Wildman–Crippen MR) is 42.8 cm³/mol. The van der Waals surface area contributed by atoms with Gasteiger partial charge in [0.05, 0.1) is 6.20 Å². The summed E-state index contributed by atoms with van der Waals surface area (Å²) < 4.78 is 1.88. The second kappa shape index (κ2) is 1.97. The van der Waals surface area contributed by atoms with E-state index in [1.165, 1.54) is 4.88 Å². The number of hydrogen-bond acceptors (Lipinski definition) is 2. The molecule has 0 atom stereocenters. The minimum Gasteiger partial charge on any atom is -0.281 e. The largest absolute Gasteiger partial charge is 0.281 e. The smallest absolute Gasteiger partial charge is 0.195 e. The van der Waals surface area contributed by atoms with E-state index < -0.39 is 0 Å². The number of aromatic nitrogens is 2. The van der Waals surface area contributed by atoms with Crippen molar-refractivity contribution in [3.63, 3.8) is 0 Å². The van der Waals surface area contributed by atoms with E-state index in [2.05, 4.69) is 4.98 Å². The molecule has 0 amide bonds. The van der Waals surface area contributed by atoms with Gasteiger partial charge >= 0.3 is 0 Å². The molecule has 2 aromatic rings. The topological polar surface area (TPSA) is 17.3 Å². The van der Waals surface area contributed by atoms with Gasteiger partial charge in [0.2, 0.25) is 0 Å². The lowest BCUT2D eigenvalue weighted by molar-refractivity contribution is 1.22. The van der Waals surface area contributed by atoms with E-state index in [1.807, 2.05) is 17.5 Å². The number of imidazole rings is 1. The highest BCUT2D eigenvalue weighted by atomic mass is 35.5. The van der Waals surface area contributed by atoms with Crippen molar-refractivity contribution in [3.8, 4) is 0 Å². The summed E-state index contributed by atoms with van der Waals surface area (Å²) in [6.45, 7) is 2.04. The molecular formula is C6H5ClN2S. The fourth-order valence-electron chi connectivity index (χ4n) is 0.869. The molecule has 0 N–H and O–H groups in total. The molecule has 52 valence electrons. The molecule has 0 fully saturated rings. The number of hydrogen-bond donors (Lipinski definition) is 0. The molecule has 0 aliphatic heterocycles. The molecule has 2 nitrogen and oxygen atoms in total. The van der Waals surface area contributed by atoms with Crippen molar-refractivity contribution in [1.82, 2.24) is 9.38 Å². The monoisotopic (exact) mass is 172 g/mol. The van der Waals surface area contributed by atoms with Crippen LogP contribution in [0.2, 0.25) is 5.15 Å². The Hall–Kier alpha value is -0.540. The van der Waals surface area contributed by atoms with Gasteiger partial charge in [0.15, 0.2) is 4.96 Å². The summed E-state index contributed by atoms with van der Waals surface area (Å²) >= 11 is 7.43. The number of fused-ring (bicyclic) bond motifs is 1. The molecule has 4 heteroatoms. The highest BCUT2D eigenvalue weighted by molar-refractivity contribution is 7.17. The molecule has 2 rings (SSSR count). The minimum atomic E-state index is 0.680. The molecule has 2 heterocycles. The Morgan fingerprint density at radius 2 is 2.50 bits per heavy atom. The standard InChI is InChI=1S/C6H5ClN2S/c1-4-3-9-5(7)2-8-6(9)10-4/h2-3H,1H3. The highest BCUT2D eigenvalue weighted by Crippen LogP contribution is 2.19. The van der Waals surface area contributed by atoms with E-state index in [0.29, 0.717) is 5.15 Å². The van der Waals surface area contributed by atoms with Crippen molar-refractivity contribution < 1.29 is 0 Å². The van der Waals surface area contributed by atoms with E-state index in [0.717, 1.165) is 4.96 Å². The van der Waals surface area contributed by atoms with Crippen LogP contribution in [0.25, 0.3) is 4.96 Å². The molecule has 0 aromatic carbocycles. The van der Waals surface area contributed by atoms with Gasteiger partial charge in [-0.05, 0) is 6.92 Å². The number of halogens is 1. The Bertz CT molecular complexity index is 363. The van der Waals surface area contributed by atoms with Gasteiger partial charge in [0.25, 0.3) is 0 Å². The molecule has 0 aliphatic carbocycles. The lowest BCUT2D eigenvalue weighted by Gasteiger charge is -1.80. The molecule has 0 saturated carbocycles. The third-order valence-corrected chi connectivity index (χ3v) is 2.47. The van der Waals surface area contributed by atoms with Gasteiger partial charge in [-0.1, -0.05) is 11.6 Å². The third kappa shape index (κ3) is 0.744. The van der Waals surface area contributed by atoms with Crippen molar-refractivity contribution in [2.24, 2.45) is 0 Å². The SMILES string of the molecule is Cc1cn2c(Cl)cnc2s1. The first-order valence-corrected chi connectivity index (χ1v) is 4.06. The molecular weight excluding hydrogens is 168 g/mol. The zero-order valence-electron chi connectivity index (χ0n) is 5.34. The van der Waals surface area contributed by atoms with Crippen molar-refractivity contribution in [1.29, 1.82) is 0 Å². The van der Waals surface area contributed by atoms with Crippen LogP contribution in [-0.4, -0.2) is 9.38 Å². The summed E-state index contributed by atoms with van der Waals surface area (Å²) in [7, 11) is 0. The summed E-state index contributed by atoms with van der Waals surface area (Å²) in [6, 6.07) is 0. The van der Waals surface area contributed by atoms with Crippen LogP contribution in [0.4, 0.5) is 0 Å². The predicted octanol–water partition coefficient (Wildman–Crippen LogP) is 2.36. The molecule has 0 radical (unpaired) electrons. The van der Waals surface area contributed by atoms with Gasteiger partial charge in [-0.2, -0.15) is 0 Å².